The number of hydrazine groups is 1. The van der Waals surface area contributed by atoms with Crippen molar-refractivity contribution >= 4 is 23.2 Å². The minimum atomic E-state index is -0.506. The van der Waals surface area contributed by atoms with E-state index in [0.29, 0.717) is 17.5 Å². The SMILES string of the molecule is CC(C)CCNC(=S)NNC(=O)[C@@H]1Cc2ccccc2O1. The minimum absolute atomic E-state index is 0.223. The zero-order valence-electron chi connectivity index (χ0n) is 12.3. The molecule has 5 nitrogen and oxygen atoms in total. The molecule has 0 bridgehead atoms. The van der Waals surface area contributed by atoms with Crippen molar-refractivity contribution in [1.82, 2.24) is 16.2 Å². The van der Waals surface area contributed by atoms with Gasteiger partial charge in [0.2, 0.25) is 0 Å². The highest BCUT2D eigenvalue weighted by Crippen LogP contribution is 2.27. The van der Waals surface area contributed by atoms with Crippen LogP contribution >= 0.6 is 12.2 Å². The summed E-state index contributed by atoms with van der Waals surface area (Å²) in [5, 5.41) is 3.46. The van der Waals surface area contributed by atoms with Gasteiger partial charge in [-0.3, -0.25) is 15.6 Å². The summed E-state index contributed by atoms with van der Waals surface area (Å²) in [4.78, 5) is 12.0. The van der Waals surface area contributed by atoms with Crippen LogP contribution in [0.2, 0.25) is 0 Å². The Hall–Kier alpha value is -1.82. The number of carbonyl (C=O) groups is 1. The van der Waals surface area contributed by atoms with E-state index >= 15 is 0 Å². The molecule has 0 radical (unpaired) electrons. The second-order valence-electron chi connectivity index (χ2n) is 5.47. The molecule has 0 spiro atoms. The fraction of sp³-hybridized carbons (Fsp3) is 0.467. The highest BCUT2D eigenvalue weighted by atomic mass is 32.1. The van der Waals surface area contributed by atoms with Gasteiger partial charge in [-0.25, -0.2) is 0 Å². The van der Waals surface area contributed by atoms with Crippen molar-refractivity contribution in [3.8, 4) is 5.75 Å². The van der Waals surface area contributed by atoms with E-state index in [1.54, 1.807) is 0 Å². The number of ether oxygens (including phenoxy) is 1. The molecule has 2 rings (SSSR count). The molecule has 0 aromatic heterocycles. The molecule has 1 heterocycles. The number of benzene rings is 1. The summed E-state index contributed by atoms with van der Waals surface area (Å²) in [6, 6.07) is 7.67. The van der Waals surface area contributed by atoms with Crippen LogP contribution in [-0.2, 0) is 11.2 Å². The summed E-state index contributed by atoms with van der Waals surface area (Å²) >= 11 is 5.09. The molecular formula is C15H21N3O2S. The van der Waals surface area contributed by atoms with Gasteiger partial charge in [0.15, 0.2) is 11.2 Å². The molecule has 0 fully saturated rings. The van der Waals surface area contributed by atoms with E-state index in [1.165, 1.54) is 0 Å². The standard InChI is InChI=1S/C15H21N3O2S/c1-10(2)7-8-16-15(21)18-17-14(19)13-9-11-5-3-4-6-12(11)20-13/h3-6,10,13H,7-9H2,1-2H3,(H,17,19)(H2,16,18,21)/t13-/m0/s1. The van der Waals surface area contributed by atoms with E-state index in [0.717, 1.165) is 24.3 Å². The predicted molar refractivity (Wildman–Crippen MR) is 85.9 cm³/mol. The zero-order valence-corrected chi connectivity index (χ0v) is 13.1. The van der Waals surface area contributed by atoms with Crippen molar-refractivity contribution in [1.29, 1.82) is 0 Å². The molecule has 1 atom stereocenters. The number of rotatable bonds is 4. The molecule has 1 aromatic rings. The summed E-state index contributed by atoms with van der Waals surface area (Å²) in [5.74, 6) is 1.16. The molecule has 114 valence electrons. The third-order valence-electron chi connectivity index (χ3n) is 3.25. The Kier molecular flexibility index (Phi) is 5.38. The van der Waals surface area contributed by atoms with Crippen molar-refractivity contribution in [3.63, 3.8) is 0 Å². The van der Waals surface area contributed by atoms with Crippen LogP contribution in [0.5, 0.6) is 5.75 Å². The van der Waals surface area contributed by atoms with Gasteiger partial charge in [-0.2, -0.15) is 0 Å². The normalized spacial score (nSPS) is 16.0. The first-order valence-corrected chi connectivity index (χ1v) is 7.55. The van der Waals surface area contributed by atoms with Crippen LogP contribution < -0.4 is 20.9 Å². The lowest BCUT2D eigenvalue weighted by molar-refractivity contribution is -0.127. The molecular weight excluding hydrogens is 286 g/mol. The molecule has 6 heteroatoms. The highest BCUT2D eigenvalue weighted by molar-refractivity contribution is 7.80. The number of thiocarbonyl (C=S) groups is 1. The quantitative estimate of drug-likeness (QED) is 0.582. The largest absolute Gasteiger partial charge is 0.480 e. The second-order valence-corrected chi connectivity index (χ2v) is 5.88. The first-order chi connectivity index (χ1) is 10.1. The molecule has 0 aliphatic carbocycles. The maximum atomic E-state index is 12.0. The molecule has 3 N–H and O–H groups in total. The van der Waals surface area contributed by atoms with Gasteiger partial charge in [0.1, 0.15) is 5.75 Å². The fourth-order valence-electron chi connectivity index (χ4n) is 2.05. The summed E-state index contributed by atoms with van der Waals surface area (Å²) in [7, 11) is 0. The lowest BCUT2D eigenvalue weighted by Gasteiger charge is -2.15. The molecule has 1 aliphatic rings. The maximum Gasteiger partial charge on any atom is 0.279 e. The molecule has 21 heavy (non-hydrogen) atoms. The second kappa shape index (κ2) is 7.26. The van der Waals surface area contributed by atoms with E-state index < -0.39 is 6.10 Å². The average Bonchev–Trinajstić information content (AvgIpc) is 2.88. The van der Waals surface area contributed by atoms with Crippen LogP contribution in [0.25, 0.3) is 0 Å². The van der Waals surface area contributed by atoms with Crippen LogP contribution in [0.4, 0.5) is 0 Å². The van der Waals surface area contributed by atoms with Crippen LogP contribution in [0.15, 0.2) is 24.3 Å². The Morgan fingerprint density at radius 1 is 1.38 bits per heavy atom. The van der Waals surface area contributed by atoms with Crippen LogP contribution in [-0.4, -0.2) is 23.7 Å². The van der Waals surface area contributed by atoms with Gasteiger partial charge in [0.05, 0.1) is 0 Å². The summed E-state index contributed by atoms with van der Waals surface area (Å²) in [5.41, 5.74) is 6.33. The molecule has 1 aromatic carbocycles. The number of para-hydroxylation sites is 1. The third-order valence-corrected chi connectivity index (χ3v) is 3.49. The van der Waals surface area contributed by atoms with Gasteiger partial charge >= 0.3 is 0 Å². The van der Waals surface area contributed by atoms with Crippen LogP contribution in [0, 0.1) is 5.92 Å². The van der Waals surface area contributed by atoms with Crippen LogP contribution in [0.3, 0.4) is 0 Å². The number of hydrogen-bond donors (Lipinski definition) is 3. The monoisotopic (exact) mass is 307 g/mol. The lowest BCUT2D eigenvalue weighted by atomic mass is 10.1. The number of hydrogen-bond acceptors (Lipinski definition) is 3. The Morgan fingerprint density at radius 3 is 2.86 bits per heavy atom. The van der Waals surface area contributed by atoms with Gasteiger partial charge in [-0.15, -0.1) is 0 Å². The topological polar surface area (TPSA) is 62.4 Å². The Bertz CT molecular complexity index is 494. The Balaban J connectivity index is 1.70. The number of fused-ring (bicyclic) bond motifs is 1. The van der Waals surface area contributed by atoms with Gasteiger partial charge in [0, 0.05) is 13.0 Å². The number of amides is 1. The van der Waals surface area contributed by atoms with Gasteiger partial charge in [0.25, 0.3) is 5.91 Å². The summed E-state index contributed by atoms with van der Waals surface area (Å²) in [6.07, 6.45) is 1.10. The first-order valence-electron chi connectivity index (χ1n) is 7.14. The number of carbonyl (C=O) groups excluding carboxylic acids is 1. The molecule has 0 saturated carbocycles. The molecule has 1 amide bonds. The van der Waals surface area contributed by atoms with E-state index in [-0.39, 0.29) is 5.91 Å². The minimum Gasteiger partial charge on any atom is -0.480 e. The average molecular weight is 307 g/mol. The highest BCUT2D eigenvalue weighted by Gasteiger charge is 2.28. The van der Waals surface area contributed by atoms with E-state index in [1.807, 2.05) is 24.3 Å². The lowest BCUT2D eigenvalue weighted by Crippen LogP contribution is -2.51. The molecule has 0 unspecified atom stereocenters. The third kappa shape index (κ3) is 4.60. The summed E-state index contributed by atoms with van der Waals surface area (Å²) in [6.45, 7) is 5.08. The van der Waals surface area contributed by atoms with E-state index in [4.69, 9.17) is 17.0 Å². The molecule has 0 saturated heterocycles. The Labute approximate surface area is 130 Å². The van der Waals surface area contributed by atoms with Crippen molar-refractivity contribution < 1.29 is 9.53 Å². The van der Waals surface area contributed by atoms with E-state index in [2.05, 4.69) is 30.0 Å². The summed E-state index contributed by atoms with van der Waals surface area (Å²) < 4.78 is 5.60. The number of nitrogens with one attached hydrogen (secondary N) is 3. The van der Waals surface area contributed by atoms with Gasteiger partial charge in [-0.05, 0) is 36.2 Å². The fourth-order valence-corrected chi connectivity index (χ4v) is 2.20. The molecule has 1 aliphatic heterocycles. The van der Waals surface area contributed by atoms with Crippen molar-refractivity contribution in [2.75, 3.05) is 6.54 Å². The first kappa shape index (κ1) is 15.6. The maximum absolute atomic E-state index is 12.0. The predicted octanol–water partition coefficient (Wildman–Crippen LogP) is 1.53. The van der Waals surface area contributed by atoms with E-state index in [9.17, 15) is 4.79 Å². The van der Waals surface area contributed by atoms with Crippen LogP contribution in [0.1, 0.15) is 25.8 Å². The zero-order chi connectivity index (χ0) is 15.2. The Morgan fingerprint density at radius 2 is 2.14 bits per heavy atom. The van der Waals surface area contributed by atoms with Crippen molar-refractivity contribution in [3.05, 3.63) is 29.8 Å². The smallest absolute Gasteiger partial charge is 0.279 e. The van der Waals surface area contributed by atoms with Crippen molar-refractivity contribution in [2.45, 2.75) is 32.8 Å². The van der Waals surface area contributed by atoms with Gasteiger partial charge < -0.3 is 10.1 Å². The van der Waals surface area contributed by atoms with Crippen molar-refractivity contribution in [2.24, 2.45) is 5.92 Å². The van der Waals surface area contributed by atoms with Gasteiger partial charge in [-0.1, -0.05) is 32.0 Å².